The second-order valence-corrected chi connectivity index (χ2v) is 6.13. The molecule has 0 spiro atoms. The molecule has 1 aliphatic heterocycles. The van der Waals surface area contributed by atoms with Crippen LogP contribution in [-0.4, -0.2) is 47.3 Å². The molecule has 2 atom stereocenters. The monoisotopic (exact) mass is 406 g/mol. The SMILES string of the molecule is COc1ccc(-c2cnc(CN3C[C@@H](C(F)(F)F)[C@H](C(=O)O)C3)o2)cc1.Cl. The molecular weight excluding hydrogens is 389 g/mol. The van der Waals surface area contributed by atoms with Crippen molar-refractivity contribution < 1.29 is 32.2 Å². The number of methoxy groups -OCH3 is 1. The number of ether oxygens (including phenoxy) is 1. The molecule has 0 unspecified atom stereocenters. The summed E-state index contributed by atoms with van der Waals surface area (Å²) in [6.45, 7) is -0.563. The van der Waals surface area contributed by atoms with Gasteiger partial charge >= 0.3 is 12.1 Å². The first-order valence-corrected chi connectivity index (χ1v) is 7.89. The van der Waals surface area contributed by atoms with Gasteiger partial charge in [0.15, 0.2) is 5.76 Å². The lowest BCUT2D eigenvalue weighted by atomic mass is 9.96. The number of carboxylic acid groups (broad SMARTS) is 1. The number of aromatic nitrogens is 1. The Morgan fingerprint density at radius 3 is 2.52 bits per heavy atom. The second kappa shape index (κ2) is 8.18. The van der Waals surface area contributed by atoms with Crippen molar-refractivity contribution >= 4 is 18.4 Å². The van der Waals surface area contributed by atoms with Gasteiger partial charge in [0.1, 0.15) is 5.75 Å². The number of likely N-dealkylation sites (tertiary alicyclic amines) is 1. The van der Waals surface area contributed by atoms with Gasteiger partial charge in [-0.25, -0.2) is 4.98 Å². The Hall–Kier alpha value is -2.26. The number of carbonyl (C=O) groups is 1. The zero-order valence-corrected chi connectivity index (χ0v) is 15.1. The summed E-state index contributed by atoms with van der Waals surface area (Å²) in [4.78, 5) is 16.6. The summed E-state index contributed by atoms with van der Waals surface area (Å²) in [5, 5.41) is 9.05. The van der Waals surface area contributed by atoms with Crippen LogP contribution in [0.3, 0.4) is 0 Å². The molecule has 27 heavy (non-hydrogen) atoms. The average Bonchev–Trinajstić information content (AvgIpc) is 3.22. The van der Waals surface area contributed by atoms with E-state index in [1.54, 1.807) is 31.4 Å². The number of hydrogen-bond acceptors (Lipinski definition) is 5. The fraction of sp³-hybridized carbons (Fsp3) is 0.412. The summed E-state index contributed by atoms with van der Waals surface area (Å²) in [5.74, 6) is -3.42. The van der Waals surface area contributed by atoms with E-state index in [1.807, 2.05) is 0 Å². The van der Waals surface area contributed by atoms with Gasteiger partial charge in [0, 0.05) is 18.7 Å². The number of halogens is 4. The summed E-state index contributed by atoms with van der Waals surface area (Å²) in [7, 11) is 1.55. The molecule has 0 radical (unpaired) electrons. The van der Waals surface area contributed by atoms with Gasteiger partial charge in [0.25, 0.3) is 0 Å². The predicted octanol–water partition coefficient (Wildman–Crippen LogP) is 3.47. The van der Waals surface area contributed by atoms with Gasteiger partial charge in [0.05, 0.1) is 31.7 Å². The Balaban J connectivity index is 0.00000261. The maximum absolute atomic E-state index is 13.0. The van der Waals surface area contributed by atoms with Crippen LogP contribution in [0.5, 0.6) is 5.75 Å². The highest BCUT2D eigenvalue weighted by atomic mass is 35.5. The molecule has 3 rings (SSSR count). The standard InChI is InChI=1S/C17H17F3N2O4.ClH/c1-25-11-4-2-10(3-5-11)14-6-21-15(26-14)9-22-7-12(16(23)24)13(8-22)17(18,19)20;/h2-6,12-13H,7-9H2,1H3,(H,23,24);1H/t12-,13-;/m1./s1. The molecule has 6 nitrogen and oxygen atoms in total. The smallest absolute Gasteiger partial charge is 0.393 e. The maximum atomic E-state index is 13.0. The Morgan fingerprint density at radius 2 is 2.00 bits per heavy atom. The van der Waals surface area contributed by atoms with Crippen LogP contribution in [0.1, 0.15) is 5.89 Å². The van der Waals surface area contributed by atoms with Gasteiger partial charge in [-0.2, -0.15) is 13.2 Å². The number of rotatable bonds is 5. The molecular formula is C17H18ClF3N2O4. The van der Waals surface area contributed by atoms with Gasteiger partial charge < -0.3 is 14.3 Å². The quantitative estimate of drug-likeness (QED) is 0.819. The molecule has 1 fully saturated rings. The van der Waals surface area contributed by atoms with Crippen molar-refractivity contribution in [2.45, 2.75) is 12.7 Å². The van der Waals surface area contributed by atoms with Crippen LogP contribution in [0.25, 0.3) is 11.3 Å². The largest absolute Gasteiger partial charge is 0.497 e. The van der Waals surface area contributed by atoms with Crippen molar-refractivity contribution in [3.8, 4) is 17.1 Å². The lowest BCUT2D eigenvalue weighted by Crippen LogP contribution is -2.33. The van der Waals surface area contributed by atoms with Gasteiger partial charge in [0.2, 0.25) is 5.89 Å². The molecule has 1 N–H and O–H groups in total. The van der Waals surface area contributed by atoms with Crippen LogP contribution >= 0.6 is 12.4 Å². The van der Waals surface area contributed by atoms with Crippen molar-refractivity contribution in [2.24, 2.45) is 11.8 Å². The third kappa shape index (κ3) is 4.72. The zero-order valence-electron chi connectivity index (χ0n) is 14.3. The molecule has 0 aliphatic carbocycles. The Kier molecular flexibility index (Phi) is 6.38. The van der Waals surface area contributed by atoms with E-state index < -0.39 is 24.0 Å². The van der Waals surface area contributed by atoms with Crippen molar-refractivity contribution in [1.29, 1.82) is 0 Å². The van der Waals surface area contributed by atoms with E-state index in [-0.39, 0.29) is 37.9 Å². The third-order valence-electron chi connectivity index (χ3n) is 4.42. The second-order valence-electron chi connectivity index (χ2n) is 6.13. The van der Waals surface area contributed by atoms with Crippen molar-refractivity contribution in [1.82, 2.24) is 9.88 Å². The lowest BCUT2D eigenvalue weighted by molar-refractivity contribution is -0.188. The minimum atomic E-state index is -4.55. The highest BCUT2D eigenvalue weighted by molar-refractivity contribution is 5.85. The van der Waals surface area contributed by atoms with Crippen molar-refractivity contribution in [2.75, 3.05) is 20.2 Å². The molecule has 1 aromatic heterocycles. The van der Waals surface area contributed by atoms with E-state index in [4.69, 9.17) is 14.3 Å². The molecule has 148 valence electrons. The van der Waals surface area contributed by atoms with Gasteiger partial charge in [-0.3, -0.25) is 9.69 Å². The molecule has 1 saturated heterocycles. The Morgan fingerprint density at radius 1 is 1.33 bits per heavy atom. The number of aliphatic carboxylic acids is 1. The average molecular weight is 407 g/mol. The maximum Gasteiger partial charge on any atom is 0.393 e. The molecule has 1 aliphatic rings. The van der Waals surface area contributed by atoms with E-state index in [0.29, 0.717) is 11.5 Å². The molecule has 0 bridgehead atoms. The Labute approximate surface area is 159 Å². The third-order valence-corrected chi connectivity index (χ3v) is 4.42. The fourth-order valence-electron chi connectivity index (χ4n) is 3.06. The van der Waals surface area contributed by atoms with Crippen LogP contribution in [0, 0.1) is 11.8 Å². The summed E-state index contributed by atoms with van der Waals surface area (Å²) in [6, 6.07) is 7.06. The minimum Gasteiger partial charge on any atom is -0.497 e. The summed E-state index contributed by atoms with van der Waals surface area (Å²) >= 11 is 0. The first-order chi connectivity index (χ1) is 12.3. The molecule has 2 heterocycles. The van der Waals surface area contributed by atoms with Crippen molar-refractivity contribution in [3.05, 3.63) is 36.4 Å². The summed E-state index contributed by atoms with van der Waals surface area (Å²) in [6.07, 6.45) is -3.06. The number of benzene rings is 1. The van der Waals surface area contributed by atoms with Crippen LogP contribution in [0.15, 0.2) is 34.9 Å². The molecule has 2 aromatic rings. The topological polar surface area (TPSA) is 75.8 Å². The number of oxazole rings is 1. The number of carboxylic acids is 1. The number of hydrogen-bond donors (Lipinski definition) is 1. The number of alkyl halides is 3. The fourth-order valence-corrected chi connectivity index (χ4v) is 3.06. The van der Waals surface area contributed by atoms with Crippen LogP contribution in [0.4, 0.5) is 13.2 Å². The van der Waals surface area contributed by atoms with Gasteiger partial charge in [-0.15, -0.1) is 12.4 Å². The van der Waals surface area contributed by atoms with E-state index in [1.165, 1.54) is 11.1 Å². The van der Waals surface area contributed by atoms with Gasteiger partial charge in [-0.1, -0.05) is 0 Å². The zero-order chi connectivity index (χ0) is 18.9. The van der Waals surface area contributed by atoms with Crippen molar-refractivity contribution in [3.63, 3.8) is 0 Å². The molecule has 1 aromatic carbocycles. The molecule has 0 amide bonds. The highest BCUT2D eigenvalue weighted by Crippen LogP contribution is 2.38. The van der Waals surface area contributed by atoms with E-state index in [2.05, 4.69) is 4.98 Å². The molecule has 0 saturated carbocycles. The molecule has 10 heteroatoms. The Bertz CT molecular complexity index is 779. The normalized spacial score (nSPS) is 20.3. The summed E-state index contributed by atoms with van der Waals surface area (Å²) in [5.41, 5.74) is 0.752. The predicted molar refractivity (Wildman–Crippen MR) is 91.7 cm³/mol. The van der Waals surface area contributed by atoms with E-state index in [9.17, 15) is 18.0 Å². The first kappa shape index (κ1) is 21.0. The lowest BCUT2D eigenvalue weighted by Gasteiger charge is -2.18. The van der Waals surface area contributed by atoms with Gasteiger partial charge in [-0.05, 0) is 24.3 Å². The minimum absolute atomic E-state index is 0. The van der Waals surface area contributed by atoms with E-state index in [0.717, 1.165) is 5.56 Å². The summed E-state index contributed by atoms with van der Waals surface area (Å²) < 4.78 is 49.8. The first-order valence-electron chi connectivity index (χ1n) is 7.89. The highest BCUT2D eigenvalue weighted by Gasteiger charge is 2.52. The number of nitrogens with zero attached hydrogens (tertiary/aromatic N) is 2. The van der Waals surface area contributed by atoms with E-state index >= 15 is 0 Å². The van der Waals surface area contributed by atoms with Crippen LogP contribution in [0.2, 0.25) is 0 Å². The van der Waals surface area contributed by atoms with Crippen LogP contribution < -0.4 is 4.74 Å². The van der Waals surface area contributed by atoms with Crippen LogP contribution in [-0.2, 0) is 11.3 Å².